The van der Waals surface area contributed by atoms with E-state index in [-0.39, 0.29) is 0 Å². The van der Waals surface area contributed by atoms with Gasteiger partial charge in [0, 0.05) is 6.04 Å². The lowest BCUT2D eigenvalue weighted by Gasteiger charge is -2.15. The quantitative estimate of drug-likeness (QED) is 0.775. The first-order chi connectivity index (χ1) is 7.17. The summed E-state index contributed by atoms with van der Waals surface area (Å²) < 4.78 is 0. The number of nitrogens with one attached hydrogen (secondary N) is 1. The Hall–Kier alpha value is -0.820. The first-order valence-electron chi connectivity index (χ1n) is 5.93. The van der Waals surface area contributed by atoms with Crippen molar-refractivity contribution in [3.8, 4) is 0 Å². The van der Waals surface area contributed by atoms with Crippen molar-refractivity contribution in [3.63, 3.8) is 0 Å². The van der Waals surface area contributed by atoms with Crippen molar-refractivity contribution in [1.82, 2.24) is 5.32 Å². The summed E-state index contributed by atoms with van der Waals surface area (Å²) in [6, 6.07) is 9.45. The summed E-state index contributed by atoms with van der Waals surface area (Å²) in [6.45, 7) is 6.75. The predicted octanol–water partition coefficient (Wildman–Crippen LogP) is 3.56. The Morgan fingerprint density at radius 2 is 2.00 bits per heavy atom. The van der Waals surface area contributed by atoms with Gasteiger partial charge < -0.3 is 5.32 Å². The van der Waals surface area contributed by atoms with Gasteiger partial charge in [-0.15, -0.1) is 0 Å². The fraction of sp³-hybridized carbons (Fsp3) is 0.571. The van der Waals surface area contributed by atoms with Crippen LogP contribution in [-0.2, 0) is 6.42 Å². The Labute approximate surface area is 93.9 Å². The molecule has 1 N–H and O–H groups in total. The minimum absolute atomic E-state index is 0.497. The molecule has 0 saturated carbocycles. The third-order valence-corrected chi connectivity index (χ3v) is 2.75. The molecule has 0 saturated heterocycles. The van der Waals surface area contributed by atoms with Crippen LogP contribution in [0.1, 0.15) is 44.4 Å². The monoisotopic (exact) mass is 205 g/mol. The van der Waals surface area contributed by atoms with Crippen molar-refractivity contribution in [3.05, 3.63) is 35.4 Å². The van der Waals surface area contributed by atoms with E-state index in [0.29, 0.717) is 6.04 Å². The zero-order valence-corrected chi connectivity index (χ0v) is 10.4. The maximum atomic E-state index is 3.35. The van der Waals surface area contributed by atoms with E-state index in [0.717, 1.165) is 12.3 Å². The van der Waals surface area contributed by atoms with E-state index < -0.39 is 0 Å². The first-order valence-corrected chi connectivity index (χ1v) is 5.93. The highest BCUT2D eigenvalue weighted by atomic mass is 14.9. The summed E-state index contributed by atoms with van der Waals surface area (Å²) in [5.74, 6) is 0.731. The molecule has 0 fully saturated rings. The smallest absolute Gasteiger partial charge is 0.0314 e. The van der Waals surface area contributed by atoms with Crippen LogP contribution in [0.25, 0.3) is 0 Å². The van der Waals surface area contributed by atoms with Gasteiger partial charge >= 0.3 is 0 Å². The van der Waals surface area contributed by atoms with Crippen LogP contribution in [0, 0.1) is 5.92 Å². The van der Waals surface area contributed by atoms with Crippen LogP contribution in [0.15, 0.2) is 24.3 Å². The number of hydrogen-bond donors (Lipinski definition) is 1. The Morgan fingerprint density at radius 3 is 2.53 bits per heavy atom. The lowest BCUT2D eigenvalue weighted by molar-refractivity contribution is 0.574. The maximum absolute atomic E-state index is 3.35. The zero-order chi connectivity index (χ0) is 11.3. The standard InChI is InChI=1S/C14H23N/c1-5-14(15-4)13-8-6-7-12(10-13)9-11(2)3/h6-8,10-11,14-15H,5,9H2,1-4H3. The van der Waals surface area contributed by atoms with Crippen molar-refractivity contribution < 1.29 is 0 Å². The van der Waals surface area contributed by atoms with Gasteiger partial charge in [-0.25, -0.2) is 0 Å². The number of rotatable bonds is 5. The molecule has 0 aliphatic heterocycles. The Bertz CT molecular complexity index is 287. The molecule has 84 valence electrons. The lowest BCUT2D eigenvalue weighted by Crippen LogP contribution is -2.15. The highest BCUT2D eigenvalue weighted by molar-refractivity contribution is 5.26. The first kappa shape index (κ1) is 12.3. The summed E-state index contributed by atoms with van der Waals surface area (Å²) in [5.41, 5.74) is 2.87. The SMILES string of the molecule is CCC(NC)c1cccc(CC(C)C)c1. The summed E-state index contributed by atoms with van der Waals surface area (Å²) in [7, 11) is 2.03. The topological polar surface area (TPSA) is 12.0 Å². The van der Waals surface area contributed by atoms with Crippen molar-refractivity contribution in [1.29, 1.82) is 0 Å². The van der Waals surface area contributed by atoms with E-state index >= 15 is 0 Å². The molecule has 0 aliphatic carbocycles. The van der Waals surface area contributed by atoms with Gasteiger partial charge in [-0.05, 0) is 36.9 Å². The fourth-order valence-corrected chi connectivity index (χ4v) is 2.01. The summed E-state index contributed by atoms with van der Waals surface area (Å²) in [5, 5.41) is 3.35. The largest absolute Gasteiger partial charge is 0.313 e. The average molecular weight is 205 g/mol. The molecule has 1 rings (SSSR count). The summed E-state index contributed by atoms with van der Waals surface area (Å²) in [4.78, 5) is 0. The third kappa shape index (κ3) is 3.67. The molecule has 0 amide bonds. The van der Waals surface area contributed by atoms with E-state index in [1.165, 1.54) is 17.5 Å². The van der Waals surface area contributed by atoms with Crippen LogP contribution in [0.5, 0.6) is 0 Å². The van der Waals surface area contributed by atoms with Crippen molar-refractivity contribution in [2.75, 3.05) is 7.05 Å². The minimum atomic E-state index is 0.497. The molecule has 1 aromatic rings. The molecule has 1 nitrogen and oxygen atoms in total. The molecule has 0 bridgehead atoms. The van der Waals surface area contributed by atoms with Gasteiger partial charge in [-0.1, -0.05) is 45.0 Å². The van der Waals surface area contributed by atoms with Crippen molar-refractivity contribution in [2.24, 2.45) is 5.92 Å². The normalized spacial score (nSPS) is 13.1. The maximum Gasteiger partial charge on any atom is 0.0314 e. The average Bonchev–Trinajstić information content (AvgIpc) is 2.19. The summed E-state index contributed by atoms with van der Waals surface area (Å²) in [6.07, 6.45) is 2.32. The van der Waals surface area contributed by atoms with E-state index in [4.69, 9.17) is 0 Å². The van der Waals surface area contributed by atoms with Crippen molar-refractivity contribution >= 4 is 0 Å². The van der Waals surface area contributed by atoms with Crippen LogP contribution in [-0.4, -0.2) is 7.05 Å². The molecule has 0 radical (unpaired) electrons. The van der Waals surface area contributed by atoms with Gasteiger partial charge in [0.15, 0.2) is 0 Å². The van der Waals surface area contributed by atoms with Gasteiger partial charge in [0.1, 0.15) is 0 Å². The fourth-order valence-electron chi connectivity index (χ4n) is 2.01. The van der Waals surface area contributed by atoms with Gasteiger partial charge in [0.05, 0.1) is 0 Å². The summed E-state index contributed by atoms with van der Waals surface area (Å²) >= 11 is 0. The van der Waals surface area contributed by atoms with Crippen LogP contribution >= 0.6 is 0 Å². The molecule has 0 aliphatic rings. The van der Waals surface area contributed by atoms with E-state index in [1.807, 2.05) is 7.05 Å². The molecule has 0 heterocycles. The molecule has 15 heavy (non-hydrogen) atoms. The molecule has 0 spiro atoms. The molecule has 1 atom stereocenters. The van der Waals surface area contributed by atoms with E-state index in [9.17, 15) is 0 Å². The highest BCUT2D eigenvalue weighted by Crippen LogP contribution is 2.18. The molecule has 1 unspecified atom stereocenters. The molecule has 0 aromatic heterocycles. The Kier molecular flexibility index (Phi) is 4.83. The zero-order valence-electron chi connectivity index (χ0n) is 10.4. The van der Waals surface area contributed by atoms with Gasteiger partial charge in [0.25, 0.3) is 0 Å². The van der Waals surface area contributed by atoms with Gasteiger partial charge in [-0.2, -0.15) is 0 Å². The molecular weight excluding hydrogens is 182 g/mol. The Morgan fingerprint density at radius 1 is 1.27 bits per heavy atom. The second kappa shape index (κ2) is 5.92. The number of hydrogen-bond acceptors (Lipinski definition) is 1. The second-order valence-electron chi connectivity index (χ2n) is 4.59. The third-order valence-electron chi connectivity index (χ3n) is 2.75. The highest BCUT2D eigenvalue weighted by Gasteiger charge is 2.07. The van der Waals surface area contributed by atoms with Crippen LogP contribution < -0.4 is 5.32 Å². The predicted molar refractivity (Wildman–Crippen MR) is 67.1 cm³/mol. The molecule has 1 aromatic carbocycles. The van der Waals surface area contributed by atoms with E-state index in [2.05, 4.69) is 50.4 Å². The van der Waals surface area contributed by atoms with E-state index in [1.54, 1.807) is 0 Å². The van der Waals surface area contributed by atoms with Crippen LogP contribution in [0.3, 0.4) is 0 Å². The second-order valence-corrected chi connectivity index (χ2v) is 4.59. The van der Waals surface area contributed by atoms with Gasteiger partial charge in [0.2, 0.25) is 0 Å². The van der Waals surface area contributed by atoms with Crippen LogP contribution in [0.4, 0.5) is 0 Å². The molecular formula is C14H23N. The lowest BCUT2D eigenvalue weighted by atomic mass is 9.97. The molecule has 1 heteroatoms. The van der Waals surface area contributed by atoms with Crippen LogP contribution in [0.2, 0.25) is 0 Å². The Balaban J connectivity index is 2.81. The minimum Gasteiger partial charge on any atom is -0.313 e. The number of benzene rings is 1. The van der Waals surface area contributed by atoms with Crippen molar-refractivity contribution in [2.45, 2.75) is 39.7 Å². The van der Waals surface area contributed by atoms with Gasteiger partial charge in [-0.3, -0.25) is 0 Å².